The smallest absolute Gasteiger partial charge is 0.106 e. The third kappa shape index (κ3) is 5.20. The molecule has 0 radical (unpaired) electrons. The fraction of sp³-hybridized carbons (Fsp3) is 0.889. The Morgan fingerprint density at radius 2 is 1.58 bits per heavy atom. The van der Waals surface area contributed by atoms with Crippen molar-refractivity contribution in [2.24, 2.45) is 16.7 Å². The zero-order valence-electron chi connectivity index (χ0n) is 14.2. The molecule has 1 nitrogen and oxygen atoms in total. The summed E-state index contributed by atoms with van der Waals surface area (Å²) < 4.78 is 6.34. The van der Waals surface area contributed by atoms with Gasteiger partial charge in [0.1, 0.15) is 5.60 Å². The van der Waals surface area contributed by atoms with Gasteiger partial charge >= 0.3 is 0 Å². The molecule has 0 saturated heterocycles. The van der Waals surface area contributed by atoms with E-state index in [0.29, 0.717) is 11.3 Å². The maximum absolute atomic E-state index is 6.34. The predicted octanol–water partition coefficient (Wildman–Crippen LogP) is 5.95. The number of allylic oxidation sites excluding steroid dienone is 1. The molecule has 1 aliphatic rings. The van der Waals surface area contributed by atoms with E-state index in [4.69, 9.17) is 4.74 Å². The molecule has 1 heteroatoms. The van der Waals surface area contributed by atoms with Gasteiger partial charge in [0.05, 0.1) is 5.76 Å². The van der Waals surface area contributed by atoms with Crippen molar-refractivity contribution >= 4 is 0 Å². The normalized spacial score (nSPS) is 21.2. The van der Waals surface area contributed by atoms with Gasteiger partial charge in [0.15, 0.2) is 0 Å². The number of hydrogen-bond donors (Lipinski definition) is 0. The average Bonchev–Trinajstić information content (AvgIpc) is 2.58. The summed E-state index contributed by atoms with van der Waals surface area (Å²) in [6.45, 7) is 20.4. The van der Waals surface area contributed by atoms with E-state index in [9.17, 15) is 0 Å². The van der Waals surface area contributed by atoms with Crippen molar-refractivity contribution in [2.45, 2.75) is 86.2 Å². The first kappa shape index (κ1) is 16.6. The zero-order chi connectivity index (χ0) is 14.9. The zero-order valence-corrected chi connectivity index (χ0v) is 14.2. The molecule has 0 spiro atoms. The van der Waals surface area contributed by atoms with Crippen molar-refractivity contribution in [3.63, 3.8) is 0 Å². The van der Waals surface area contributed by atoms with E-state index in [0.717, 1.165) is 12.2 Å². The first-order valence-corrected chi connectivity index (χ1v) is 7.81. The summed E-state index contributed by atoms with van der Waals surface area (Å²) >= 11 is 0. The molecule has 0 aromatic heterocycles. The van der Waals surface area contributed by atoms with Crippen LogP contribution in [0.15, 0.2) is 12.3 Å². The molecular weight excluding hydrogens is 232 g/mol. The largest absolute Gasteiger partial charge is 0.492 e. The molecule has 19 heavy (non-hydrogen) atoms. The molecule has 0 heterocycles. The van der Waals surface area contributed by atoms with Gasteiger partial charge < -0.3 is 4.74 Å². The van der Waals surface area contributed by atoms with Gasteiger partial charge in [-0.2, -0.15) is 0 Å². The van der Waals surface area contributed by atoms with Gasteiger partial charge in [-0.15, -0.1) is 0 Å². The average molecular weight is 266 g/mol. The van der Waals surface area contributed by atoms with Crippen molar-refractivity contribution < 1.29 is 4.74 Å². The van der Waals surface area contributed by atoms with Crippen LogP contribution in [-0.4, -0.2) is 5.60 Å². The molecule has 1 rings (SSSR count). The quantitative estimate of drug-likeness (QED) is 0.571. The second kappa shape index (κ2) is 5.50. The van der Waals surface area contributed by atoms with Gasteiger partial charge in [0.2, 0.25) is 0 Å². The third-order valence-electron chi connectivity index (χ3n) is 4.29. The molecule has 1 aliphatic carbocycles. The van der Waals surface area contributed by atoms with E-state index in [-0.39, 0.29) is 11.0 Å². The lowest BCUT2D eigenvalue weighted by molar-refractivity contribution is -0.0118. The van der Waals surface area contributed by atoms with Gasteiger partial charge in [-0.3, -0.25) is 0 Å². The summed E-state index contributed by atoms with van der Waals surface area (Å²) in [6, 6.07) is 0. The first-order chi connectivity index (χ1) is 8.43. The van der Waals surface area contributed by atoms with E-state index in [1.807, 2.05) is 0 Å². The molecule has 1 atom stereocenters. The van der Waals surface area contributed by atoms with Crippen LogP contribution in [0.4, 0.5) is 0 Å². The summed E-state index contributed by atoms with van der Waals surface area (Å²) in [5.74, 6) is 1.43. The Kier molecular flexibility index (Phi) is 4.80. The van der Waals surface area contributed by atoms with Crippen molar-refractivity contribution in [1.29, 1.82) is 0 Å². The summed E-state index contributed by atoms with van der Waals surface area (Å²) in [4.78, 5) is 0. The van der Waals surface area contributed by atoms with Crippen LogP contribution in [0, 0.1) is 16.7 Å². The molecule has 0 aliphatic heterocycles. The second-order valence-electron chi connectivity index (χ2n) is 8.91. The highest BCUT2D eigenvalue weighted by Crippen LogP contribution is 2.43. The van der Waals surface area contributed by atoms with Gasteiger partial charge in [0, 0.05) is 5.92 Å². The van der Waals surface area contributed by atoms with E-state index >= 15 is 0 Å². The Morgan fingerprint density at radius 3 is 1.95 bits per heavy atom. The Labute approximate surface area is 120 Å². The van der Waals surface area contributed by atoms with Gasteiger partial charge in [-0.25, -0.2) is 0 Å². The molecule has 112 valence electrons. The summed E-state index contributed by atoms with van der Waals surface area (Å²) in [5.41, 5.74) is 0.554. The number of ether oxygens (including phenoxy) is 1. The lowest BCUT2D eigenvalue weighted by Crippen LogP contribution is -2.32. The monoisotopic (exact) mass is 266 g/mol. The second-order valence-corrected chi connectivity index (χ2v) is 8.91. The molecule has 0 amide bonds. The predicted molar refractivity (Wildman–Crippen MR) is 84.1 cm³/mol. The van der Waals surface area contributed by atoms with Crippen LogP contribution >= 0.6 is 0 Å². The Balaban J connectivity index is 2.77. The molecular formula is C18H34O. The van der Waals surface area contributed by atoms with Crippen molar-refractivity contribution in [1.82, 2.24) is 0 Å². The molecule has 1 saturated carbocycles. The van der Waals surface area contributed by atoms with Crippen molar-refractivity contribution in [3.8, 4) is 0 Å². The molecule has 0 bridgehead atoms. The fourth-order valence-electron chi connectivity index (χ4n) is 3.13. The first-order valence-electron chi connectivity index (χ1n) is 7.81. The van der Waals surface area contributed by atoms with Crippen LogP contribution in [0.25, 0.3) is 0 Å². The maximum Gasteiger partial charge on any atom is 0.106 e. The van der Waals surface area contributed by atoms with Crippen LogP contribution in [0.3, 0.4) is 0 Å². The van der Waals surface area contributed by atoms with Gasteiger partial charge in [-0.05, 0) is 49.9 Å². The van der Waals surface area contributed by atoms with E-state index < -0.39 is 0 Å². The summed E-state index contributed by atoms with van der Waals surface area (Å²) in [5, 5.41) is 0. The topological polar surface area (TPSA) is 9.23 Å². The van der Waals surface area contributed by atoms with Gasteiger partial charge in [-0.1, -0.05) is 48.1 Å². The standard InChI is InChI=1S/C18H34O/c1-14(19-18(8)11-9-10-12-18)15(17(5,6)7)13-16(2,3)4/h15H,1,9-13H2,2-8H3. The van der Waals surface area contributed by atoms with Crippen molar-refractivity contribution in [3.05, 3.63) is 12.3 Å². The van der Waals surface area contributed by atoms with E-state index in [1.165, 1.54) is 25.7 Å². The lowest BCUT2D eigenvalue weighted by Gasteiger charge is -2.39. The highest BCUT2D eigenvalue weighted by Gasteiger charge is 2.37. The fourth-order valence-corrected chi connectivity index (χ4v) is 3.13. The molecule has 0 aromatic rings. The minimum Gasteiger partial charge on any atom is -0.492 e. The van der Waals surface area contributed by atoms with Crippen LogP contribution in [0.2, 0.25) is 0 Å². The molecule has 1 unspecified atom stereocenters. The Bertz CT molecular complexity index is 308. The minimum absolute atomic E-state index is 0.0401. The Hall–Kier alpha value is -0.460. The van der Waals surface area contributed by atoms with Crippen LogP contribution in [-0.2, 0) is 4.74 Å². The van der Waals surface area contributed by atoms with E-state index in [1.54, 1.807) is 0 Å². The highest BCUT2D eigenvalue weighted by molar-refractivity contribution is 5.02. The SMILES string of the molecule is C=C(OC1(C)CCCC1)C(CC(C)(C)C)C(C)(C)C. The van der Waals surface area contributed by atoms with Crippen LogP contribution in [0.5, 0.6) is 0 Å². The third-order valence-corrected chi connectivity index (χ3v) is 4.29. The number of rotatable bonds is 4. The molecule has 0 N–H and O–H groups in total. The lowest BCUT2D eigenvalue weighted by atomic mass is 9.71. The summed E-state index contributed by atoms with van der Waals surface area (Å²) in [6.07, 6.45) is 6.08. The van der Waals surface area contributed by atoms with Crippen molar-refractivity contribution in [2.75, 3.05) is 0 Å². The Morgan fingerprint density at radius 1 is 1.11 bits per heavy atom. The van der Waals surface area contributed by atoms with Gasteiger partial charge in [0.25, 0.3) is 0 Å². The van der Waals surface area contributed by atoms with Crippen LogP contribution < -0.4 is 0 Å². The highest BCUT2D eigenvalue weighted by atomic mass is 16.5. The minimum atomic E-state index is 0.0401. The number of hydrogen-bond acceptors (Lipinski definition) is 1. The van der Waals surface area contributed by atoms with Crippen LogP contribution in [0.1, 0.15) is 80.6 Å². The molecule has 0 aromatic carbocycles. The van der Waals surface area contributed by atoms with E-state index in [2.05, 4.69) is 55.0 Å². The summed E-state index contributed by atoms with van der Waals surface area (Å²) in [7, 11) is 0. The molecule has 1 fully saturated rings. The maximum atomic E-state index is 6.34.